The molecular formula is C13H24N2S. The van der Waals surface area contributed by atoms with E-state index in [1.165, 1.54) is 69.8 Å². The molecule has 16 heavy (non-hydrogen) atoms. The zero-order chi connectivity index (χ0) is 10.8. The summed E-state index contributed by atoms with van der Waals surface area (Å²) in [5.41, 5.74) is 0. The second-order valence-electron chi connectivity index (χ2n) is 5.55. The summed E-state index contributed by atoms with van der Waals surface area (Å²) >= 11 is 2.17. The molecule has 0 aromatic rings. The highest BCUT2D eigenvalue weighted by molar-refractivity contribution is 7.99. The van der Waals surface area contributed by atoms with Crippen LogP contribution in [-0.2, 0) is 0 Å². The Morgan fingerprint density at radius 2 is 1.69 bits per heavy atom. The molecule has 0 N–H and O–H groups in total. The summed E-state index contributed by atoms with van der Waals surface area (Å²) < 4.78 is 0. The van der Waals surface area contributed by atoms with Gasteiger partial charge in [0.25, 0.3) is 0 Å². The molecule has 0 amide bonds. The molecule has 0 aromatic carbocycles. The molecule has 0 aromatic heterocycles. The topological polar surface area (TPSA) is 6.48 Å². The van der Waals surface area contributed by atoms with Crippen molar-refractivity contribution in [3.8, 4) is 0 Å². The molecule has 0 aliphatic carbocycles. The van der Waals surface area contributed by atoms with E-state index in [0.29, 0.717) is 0 Å². The summed E-state index contributed by atoms with van der Waals surface area (Å²) in [4.78, 5) is 5.55. The molecule has 0 spiro atoms. The predicted molar refractivity (Wildman–Crippen MR) is 71.1 cm³/mol. The van der Waals surface area contributed by atoms with Crippen LogP contribution in [-0.4, -0.2) is 59.6 Å². The normalized spacial score (nSPS) is 38.2. The number of thioether (sulfide) groups is 1. The van der Waals surface area contributed by atoms with Gasteiger partial charge in [0.1, 0.15) is 0 Å². The van der Waals surface area contributed by atoms with Crippen molar-refractivity contribution in [1.29, 1.82) is 0 Å². The Labute approximate surface area is 104 Å². The summed E-state index contributed by atoms with van der Waals surface area (Å²) in [7, 11) is 0. The van der Waals surface area contributed by atoms with E-state index >= 15 is 0 Å². The Bertz CT molecular complexity index is 225. The van der Waals surface area contributed by atoms with Crippen molar-refractivity contribution >= 4 is 11.8 Å². The van der Waals surface area contributed by atoms with Crippen LogP contribution in [0.25, 0.3) is 0 Å². The van der Waals surface area contributed by atoms with Crippen LogP contribution in [0.4, 0.5) is 0 Å². The van der Waals surface area contributed by atoms with Gasteiger partial charge < -0.3 is 0 Å². The average Bonchev–Trinajstić information content (AvgIpc) is 2.39. The molecule has 3 heterocycles. The minimum absolute atomic E-state index is 0.898. The van der Waals surface area contributed by atoms with Crippen molar-refractivity contribution in [3.05, 3.63) is 0 Å². The standard InChI is InChI=1S/C13H24N2S/c1-2-6-14-7-8-15(10-12(14)4-1)13-5-3-9-16-11-13/h12-13H,1-11H2. The first-order valence-electron chi connectivity index (χ1n) is 6.99. The summed E-state index contributed by atoms with van der Waals surface area (Å²) in [5.74, 6) is 2.80. The van der Waals surface area contributed by atoms with Crippen LogP contribution in [0.1, 0.15) is 32.1 Å². The van der Waals surface area contributed by atoms with Crippen LogP contribution in [0.3, 0.4) is 0 Å². The van der Waals surface area contributed by atoms with Crippen molar-refractivity contribution in [1.82, 2.24) is 9.80 Å². The van der Waals surface area contributed by atoms with Gasteiger partial charge in [0, 0.05) is 37.5 Å². The van der Waals surface area contributed by atoms with Crippen LogP contribution in [0.2, 0.25) is 0 Å². The fourth-order valence-corrected chi connectivity index (χ4v) is 4.71. The molecule has 3 rings (SSSR count). The number of hydrogen-bond donors (Lipinski definition) is 0. The molecule has 2 nitrogen and oxygen atoms in total. The smallest absolute Gasteiger partial charge is 0.0223 e. The molecule has 92 valence electrons. The lowest BCUT2D eigenvalue weighted by atomic mass is 9.98. The molecule has 2 unspecified atom stereocenters. The highest BCUT2D eigenvalue weighted by Crippen LogP contribution is 2.26. The van der Waals surface area contributed by atoms with E-state index in [1.54, 1.807) is 0 Å². The summed E-state index contributed by atoms with van der Waals surface area (Å²) in [6.45, 7) is 5.41. The van der Waals surface area contributed by atoms with Gasteiger partial charge in [-0.15, -0.1) is 0 Å². The SMILES string of the molecule is C1CCN2CCN(C3CCCSC3)CC2C1. The van der Waals surface area contributed by atoms with E-state index < -0.39 is 0 Å². The van der Waals surface area contributed by atoms with Gasteiger partial charge in [0.05, 0.1) is 0 Å². The van der Waals surface area contributed by atoms with E-state index in [-0.39, 0.29) is 0 Å². The van der Waals surface area contributed by atoms with Gasteiger partial charge >= 0.3 is 0 Å². The molecule has 0 saturated carbocycles. The molecular weight excluding hydrogens is 216 g/mol. The monoisotopic (exact) mass is 240 g/mol. The van der Waals surface area contributed by atoms with E-state index in [0.717, 1.165) is 12.1 Å². The summed E-state index contributed by atoms with van der Waals surface area (Å²) in [6, 6.07) is 1.80. The van der Waals surface area contributed by atoms with Crippen molar-refractivity contribution in [2.75, 3.05) is 37.7 Å². The molecule has 3 aliphatic rings. The molecule has 3 heteroatoms. The van der Waals surface area contributed by atoms with Crippen LogP contribution >= 0.6 is 11.8 Å². The maximum atomic E-state index is 2.80. The molecule has 3 saturated heterocycles. The van der Waals surface area contributed by atoms with Gasteiger partial charge in [-0.3, -0.25) is 9.80 Å². The van der Waals surface area contributed by atoms with Gasteiger partial charge in [-0.2, -0.15) is 11.8 Å². The lowest BCUT2D eigenvalue weighted by molar-refractivity contribution is 0.0297. The highest BCUT2D eigenvalue weighted by Gasteiger charge is 2.32. The third kappa shape index (κ3) is 2.41. The van der Waals surface area contributed by atoms with E-state index in [2.05, 4.69) is 21.6 Å². The number of piperazine rings is 1. The van der Waals surface area contributed by atoms with Crippen molar-refractivity contribution in [2.45, 2.75) is 44.2 Å². The second kappa shape index (κ2) is 5.28. The van der Waals surface area contributed by atoms with Crippen molar-refractivity contribution < 1.29 is 0 Å². The summed E-state index contributed by atoms with van der Waals surface area (Å²) in [5, 5.41) is 0. The van der Waals surface area contributed by atoms with Crippen molar-refractivity contribution in [3.63, 3.8) is 0 Å². The zero-order valence-electron chi connectivity index (χ0n) is 10.2. The van der Waals surface area contributed by atoms with Gasteiger partial charge in [0.15, 0.2) is 0 Å². The first kappa shape index (κ1) is 11.4. The van der Waals surface area contributed by atoms with E-state index in [1.807, 2.05) is 0 Å². The minimum atomic E-state index is 0.898. The highest BCUT2D eigenvalue weighted by atomic mass is 32.2. The Kier molecular flexibility index (Phi) is 3.75. The van der Waals surface area contributed by atoms with Crippen LogP contribution < -0.4 is 0 Å². The first-order chi connectivity index (χ1) is 7.93. The Balaban J connectivity index is 1.57. The number of nitrogens with zero attached hydrogens (tertiary/aromatic N) is 2. The predicted octanol–water partition coefficient (Wildman–Crippen LogP) is 2.05. The van der Waals surface area contributed by atoms with Gasteiger partial charge in [-0.25, -0.2) is 0 Å². The lowest BCUT2D eigenvalue weighted by Crippen LogP contribution is -2.57. The zero-order valence-corrected chi connectivity index (χ0v) is 11.1. The summed E-state index contributed by atoms with van der Waals surface area (Å²) in [6.07, 6.45) is 7.26. The number of rotatable bonds is 1. The second-order valence-corrected chi connectivity index (χ2v) is 6.70. The third-order valence-corrected chi connectivity index (χ3v) is 5.72. The van der Waals surface area contributed by atoms with E-state index in [4.69, 9.17) is 0 Å². The first-order valence-corrected chi connectivity index (χ1v) is 8.15. The molecule has 2 atom stereocenters. The maximum absolute atomic E-state index is 2.80. The Morgan fingerprint density at radius 1 is 0.812 bits per heavy atom. The van der Waals surface area contributed by atoms with E-state index in [9.17, 15) is 0 Å². The Hall–Kier alpha value is 0.270. The van der Waals surface area contributed by atoms with Crippen molar-refractivity contribution in [2.24, 2.45) is 0 Å². The molecule has 0 bridgehead atoms. The quantitative estimate of drug-likeness (QED) is 0.693. The van der Waals surface area contributed by atoms with Gasteiger partial charge in [-0.05, 0) is 38.0 Å². The molecule has 3 aliphatic heterocycles. The fourth-order valence-electron chi connectivity index (χ4n) is 3.52. The van der Waals surface area contributed by atoms with Gasteiger partial charge in [-0.1, -0.05) is 6.42 Å². The maximum Gasteiger partial charge on any atom is 0.0223 e. The molecule has 3 fully saturated rings. The molecule has 0 radical (unpaired) electrons. The number of piperidine rings is 1. The lowest BCUT2D eigenvalue weighted by Gasteiger charge is -2.47. The third-order valence-electron chi connectivity index (χ3n) is 4.52. The Morgan fingerprint density at radius 3 is 2.56 bits per heavy atom. The largest absolute Gasteiger partial charge is 0.298 e. The number of fused-ring (bicyclic) bond motifs is 1. The van der Waals surface area contributed by atoms with Gasteiger partial charge in [0.2, 0.25) is 0 Å². The average molecular weight is 240 g/mol. The number of hydrogen-bond acceptors (Lipinski definition) is 3. The van der Waals surface area contributed by atoms with Crippen LogP contribution in [0.15, 0.2) is 0 Å². The fraction of sp³-hybridized carbons (Fsp3) is 1.00. The van der Waals surface area contributed by atoms with Crippen LogP contribution in [0.5, 0.6) is 0 Å². The minimum Gasteiger partial charge on any atom is -0.298 e. The van der Waals surface area contributed by atoms with Crippen LogP contribution in [0, 0.1) is 0 Å².